The summed E-state index contributed by atoms with van der Waals surface area (Å²) < 4.78 is 1.86. The molecule has 7 nitrogen and oxygen atoms in total. The lowest BCUT2D eigenvalue weighted by atomic mass is 10.0. The molecule has 1 atom stereocenters. The van der Waals surface area contributed by atoms with Gasteiger partial charge in [0.05, 0.1) is 0 Å². The summed E-state index contributed by atoms with van der Waals surface area (Å²) in [5.74, 6) is 0.371. The van der Waals surface area contributed by atoms with Gasteiger partial charge < -0.3 is 10.2 Å². The fourth-order valence-electron chi connectivity index (χ4n) is 4.16. The number of rotatable bonds is 4. The van der Waals surface area contributed by atoms with Gasteiger partial charge in [-0.15, -0.1) is 0 Å². The molecule has 1 N–H and O–H groups in total. The first-order valence-electron chi connectivity index (χ1n) is 10.3. The summed E-state index contributed by atoms with van der Waals surface area (Å²) in [5.41, 5.74) is 4.20. The summed E-state index contributed by atoms with van der Waals surface area (Å²) in [5, 5.41) is 3.79. The smallest absolute Gasteiger partial charge is 0.273 e. The minimum Gasteiger partial charge on any atom is -0.348 e. The normalized spacial score (nSPS) is 16.8. The fourth-order valence-corrected chi connectivity index (χ4v) is 5.16. The number of thiazole rings is 1. The van der Waals surface area contributed by atoms with Gasteiger partial charge in [0.25, 0.3) is 5.56 Å². The van der Waals surface area contributed by atoms with E-state index in [1.807, 2.05) is 32.9 Å². The molecule has 8 heteroatoms. The van der Waals surface area contributed by atoms with Crippen LogP contribution in [0.4, 0.5) is 10.8 Å². The van der Waals surface area contributed by atoms with Crippen LogP contribution < -0.4 is 15.8 Å². The lowest BCUT2D eigenvalue weighted by molar-refractivity contribution is -0.116. The first kappa shape index (κ1) is 20.5. The number of anilines is 2. The van der Waals surface area contributed by atoms with Crippen molar-refractivity contribution in [2.24, 2.45) is 5.92 Å². The van der Waals surface area contributed by atoms with Crippen LogP contribution in [0.25, 0.3) is 10.3 Å². The van der Waals surface area contributed by atoms with Crippen molar-refractivity contribution in [2.45, 2.75) is 47.1 Å². The molecule has 3 aromatic rings. The maximum atomic E-state index is 13.0. The molecule has 0 bridgehead atoms. The number of hydrogen-bond donors (Lipinski definition) is 1. The van der Waals surface area contributed by atoms with Crippen LogP contribution in [0.2, 0.25) is 0 Å². The van der Waals surface area contributed by atoms with Gasteiger partial charge in [-0.1, -0.05) is 36.0 Å². The Kier molecular flexibility index (Phi) is 5.60. The number of aromatic nitrogens is 3. The van der Waals surface area contributed by atoms with E-state index in [1.54, 1.807) is 0 Å². The van der Waals surface area contributed by atoms with E-state index in [0.29, 0.717) is 16.3 Å². The van der Waals surface area contributed by atoms with Crippen molar-refractivity contribution >= 4 is 38.4 Å². The van der Waals surface area contributed by atoms with Gasteiger partial charge in [-0.3, -0.25) is 14.2 Å². The number of benzene rings is 1. The Morgan fingerprint density at radius 3 is 2.70 bits per heavy atom. The Balaban J connectivity index is 1.55. The second-order valence-corrected chi connectivity index (χ2v) is 9.32. The molecule has 1 fully saturated rings. The third-order valence-corrected chi connectivity index (χ3v) is 6.65. The highest BCUT2D eigenvalue weighted by atomic mass is 32.1. The van der Waals surface area contributed by atoms with Gasteiger partial charge in [-0.25, -0.2) is 4.98 Å². The minimum atomic E-state index is -0.247. The van der Waals surface area contributed by atoms with Crippen LogP contribution in [-0.2, 0) is 11.3 Å². The molecule has 0 spiro atoms. The Bertz CT molecular complexity index is 1140. The van der Waals surface area contributed by atoms with Crippen LogP contribution in [0.5, 0.6) is 0 Å². The van der Waals surface area contributed by atoms with E-state index in [1.165, 1.54) is 28.7 Å². The van der Waals surface area contributed by atoms with E-state index in [9.17, 15) is 9.59 Å². The van der Waals surface area contributed by atoms with Crippen molar-refractivity contribution in [3.05, 3.63) is 45.5 Å². The van der Waals surface area contributed by atoms with E-state index >= 15 is 0 Å². The molecule has 30 heavy (non-hydrogen) atoms. The van der Waals surface area contributed by atoms with Gasteiger partial charge >= 0.3 is 0 Å². The summed E-state index contributed by atoms with van der Waals surface area (Å²) in [6.45, 7) is 10.0. The number of hydrogen-bond acceptors (Lipinski definition) is 6. The van der Waals surface area contributed by atoms with Crippen LogP contribution in [0, 0.1) is 26.7 Å². The van der Waals surface area contributed by atoms with Crippen LogP contribution >= 0.6 is 11.3 Å². The van der Waals surface area contributed by atoms with Crippen molar-refractivity contribution in [3.8, 4) is 0 Å². The number of carbonyl (C=O) groups excluding carboxylic acids is 1. The van der Waals surface area contributed by atoms with E-state index in [-0.39, 0.29) is 18.0 Å². The van der Waals surface area contributed by atoms with Crippen LogP contribution in [-0.4, -0.2) is 33.5 Å². The zero-order chi connectivity index (χ0) is 21.4. The molecule has 2 aromatic heterocycles. The maximum absolute atomic E-state index is 13.0. The SMILES string of the molecule is Cc1cc(C)c(NC(=O)Cn2cnc3nc(N4CCCC(C)C4)sc3c2=O)c(C)c1. The highest BCUT2D eigenvalue weighted by molar-refractivity contribution is 7.22. The molecule has 3 heterocycles. The predicted molar refractivity (Wildman–Crippen MR) is 122 cm³/mol. The number of fused-ring (bicyclic) bond motifs is 1. The van der Waals surface area contributed by atoms with E-state index in [0.717, 1.165) is 47.0 Å². The molecule has 1 amide bonds. The Labute approximate surface area is 179 Å². The average molecular weight is 426 g/mol. The minimum absolute atomic E-state index is 0.0808. The highest BCUT2D eigenvalue weighted by Gasteiger charge is 2.21. The number of aryl methyl sites for hydroxylation is 3. The van der Waals surface area contributed by atoms with Crippen molar-refractivity contribution in [3.63, 3.8) is 0 Å². The monoisotopic (exact) mass is 425 g/mol. The first-order chi connectivity index (χ1) is 14.3. The van der Waals surface area contributed by atoms with Gasteiger partial charge in [-0.05, 0) is 50.7 Å². The zero-order valence-electron chi connectivity index (χ0n) is 17.9. The Morgan fingerprint density at radius 1 is 1.27 bits per heavy atom. The fraction of sp³-hybridized carbons (Fsp3) is 0.455. The summed E-state index contributed by atoms with van der Waals surface area (Å²) in [6.07, 6.45) is 3.77. The van der Waals surface area contributed by atoms with E-state index in [2.05, 4.69) is 27.1 Å². The lowest BCUT2D eigenvalue weighted by Gasteiger charge is -2.30. The zero-order valence-corrected chi connectivity index (χ0v) is 18.7. The molecule has 1 saturated heterocycles. The number of piperidine rings is 1. The predicted octanol–water partition coefficient (Wildman–Crippen LogP) is 3.65. The van der Waals surface area contributed by atoms with E-state index in [4.69, 9.17) is 0 Å². The highest BCUT2D eigenvalue weighted by Crippen LogP contribution is 2.29. The summed E-state index contributed by atoms with van der Waals surface area (Å²) >= 11 is 1.37. The van der Waals surface area contributed by atoms with Crippen molar-refractivity contribution < 1.29 is 4.79 Å². The standard InChI is InChI=1S/C22H27N5O2S/c1-13-6-5-7-26(10-13)22-25-20-19(30-22)21(29)27(12-23-20)11-17(28)24-18-15(3)8-14(2)9-16(18)4/h8-9,12-13H,5-7,10-11H2,1-4H3,(H,24,28). The number of nitrogens with one attached hydrogen (secondary N) is 1. The summed E-state index contributed by atoms with van der Waals surface area (Å²) in [4.78, 5) is 36.7. The second-order valence-electron chi connectivity index (χ2n) is 8.34. The van der Waals surface area contributed by atoms with Crippen LogP contribution in [0.1, 0.15) is 36.5 Å². The molecule has 0 saturated carbocycles. The maximum Gasteiger partial charge on any atom is 0.273 e. The van der Waals surface area contributed by atoms with Gasteiger partial charge in [0.15, 0.2) is 10.8 Å². The summed E-state index contributed by atoms with van der Waals surface area (Å²) in [7, 11) is 0. The molecule has 1 unspecified atom stereocenters. The average Bonchev–Trinajstić information content (AvgIpc) is 3.12. The largest absolute Gasteiger partial charge is 0.348 e. The molecule has 0 radical (unpaired) electrons. The Hall–Kier alpha value is -2.74. The molecule has 1 aliphatic heterocycles. The molecular formula is C22H27N5O2S. The third-order valence-electron chi connectivity index (χ3n) is 5.56. The third kappa shape index (κ3) is 4.09. The number of amides is 1. The molecule has 0 aliphatic carbocycles. The van der Waals surface area contributed by atoms with E-state index < -0.39 is 0 Å². The van der Waals surface area contributed by atoms with Crippen LogP contribution in [0.3, 0.4) is 0 Å². The van der Waals surface area contributed by atoms with Crippen molar-refractivity contribution in [1.29, 1.82) is 0 Å². The quantitative estimate of drug-likeness (QED) is 0.690. The lowest BCUT2D eigenvalue weighted by Crippen LogP contribution is -2.34. The second kappa shape index (κ2) is 8.18. The van der Waals surface area contributed by atoms with Gasteiger partial charge in [0.2, 0.25) is 5.91 Å². The Morgan fingerprint density at radius 2 is 2.00 bits per heavy atom. The molecule has 1 aliphatic rings. The topological polar surface area (TPSA) is 80.1 Å². The van der Waals surface area contributed by atoms with Gasteiger partial charge in [-0.2, -0.15) is 4.98 Å². The van der Waals surface area contributed by atoms with Crippen LogP contribution in [0.15, 0.2) is 23.3 Å². The molecule has 1 aromatic carbocycles. The number of carbonyl (C=O) groups is 1. The molecule has 4 rings (SSSR count). The molecular weight excluding hydrogens is 398 g/mol. The first-order valence-corrected chi connectivity index (χ1v) is 11.1. The molecule has 158 valence electrons. The summed E-state index contributed by atoms with van der Waals surface area (Å²) in [6, 6.07) is 4.06. The van der Waals surface area contributed by atoms with Gasteiger partial charge in [0.1, 0.15) is 17.6 Å². The van der Waals surface area contributed by atoms with Gasteiger partial charge in [0, 0.05) is 18.8 Å². The van der Waals surface area contributed by atoms with Crippen molar-refractivity contribution in [1.82, 2.24) is 14.5 Å². The van der Waals surface area contributed by atoms with Crippen molar-refractivity contribution in [2.75, 3.05) is 23.3 Å². The number of nitrogens with zero attached hydrogens (tertiary/aromatic N) is 4.